The van der Waals surface area contributed by atoms with Crippen LogP contribution in [0.3, 0.4) is 0 Å². The lowest BCUT2D eigenvalue weighted by Crippen LogP contribution is -1.97. The minimum Gasteiger partial charge on any atom is -0.494 e. The average Bonchev–Trinajstić information content (AvgIpc) is 2.19. The zero-order valence-electron chi connectivity index (χ0n) is 8.86. The molecule has 0 aliphatic carbocycles. The summed E-state index contributed by atoms with van der Waals surface area (Å²) in [5, 5.41) is 9.29. The highest BCUT2D eigenvalue weighted by molar-refractivity contribution is 5.28. The molecule has 14 heavy (non-hydrogen) atoms. The van der Waals surface area contributed by atoms with Gasteiger partial charge < -0.3 is 9.84 Å². The number of hydrogen-bond donors (Lipinski definition) is 1. The molecule has 0 spiro atoms. The fourth-order valence-electron chi connectivity index (χ4n) is 1.18. The molecule has 1 unspecified atom stereocenters. The lowest BCUT2D eigenvalue weighted by atomic mass is 10.1. The van der Waals surface area contributed by atoms with Gasteiger partial charge in [-0.05, 0) is 31.0 Å². The molecule has 0 aromatic heterocycles. The van der Waals surface area contributed by atoms with Crippen molar-refractivity contribution in [1.82, 2.24) is 0 Å². The molecule has 0 saturated carbocycles. The highest BCUT2D eigenvalue weighted by Crippen LogP contribution is 2.17. The van der Waals surface area contributed by atoms with Gasteiger partial charge in [0.15, 0.2) is 0 Å². The molecular weight excluding hydrogens is 176 g/mol. The third-order valence-corrected chi connectivity index (χ3v) is 2.13. The molecule has 1 aromatic carbocycles. The second-order valence-electron chi connectivity index (χ2n) is 3.45. The van der Waals surface area contributed by atoms with E-state index in [0.29, 0.717) is 0 Å². The SMILES string of the molecule is CCCCOc1ccc(C(C)O)cc1. The van der Waals surface area contributed by atoms with Crippen molar-refractivity contribution in [3.63, 3.8) is 0 Å². The Bertz CT molecular complexity index is 252. The van der Waals surface area contributed by atoms with Crippen LogP contribution in [-0.2, 0) is 0 Å². The van der Waals surface area contributed by atoms with Gasteiger partial charge in [0.1, 0.15) is 5.75 Å². The average molecular weight is 194 g/mol. The first-order valence-corrected chi connectivity index (χ1v) is 5.15. The molecule has 0 bridgehead atoms. The van der Waals surface area contributed by atoms with Gasteiger partial charge in [0.05, 0.1) is 12.7 Å². The summed E-state index contributed by atoms with van der Waals surface area (Å²) < 4.78 is 5.50. The third kappa shape index (κ3) is 3.38. The fourth-order valence-corrected chi connectivity index (χ4v) is 1.18. The number of rotatable bonds is 5. The Balaban J connectivity index is 2.47. The molecule has 0 saturated heterocycles. The Kier molecular flexibility index (Phi) is 4.47. The zero-order chi connectivity index (χ0) is 10.4. The van der Waals surface area contributed by atoms with Crippen LogP contribution >= 0.6 is 0 Å². The first-order valence-electron chi connectivity index (χ1n) is 5.15. The zero-order valence-corrected chi connectivity index (χ0v) is 8.86. The Morgan fingerprint density at radius 3 is 2.43 bits per heavy atom. The van der Waals surface area contributed by atoms with Gasteiger partial charge >= 0.3 is 0 Å². The first kappa shape index (κ1) is 11.1. The largest absolute Gasteiger partial charge is 0.494 e. The quantitative estimate of drug-likeness (QED) is 0.730. The molecule has 1 atom stereocenters. The van der Waals surface area contributed by atoms with Crippen LogP contribution in [0, 0.1) is 0 Å². The van der Waals surface area contributed by atoms with E-state index in [1.54, 1.807) is 6.92 Å². The van der Waals surface area contributed by atoms with E-state index in [1.807, 2.05) is 24.3 Å². The standard InChI is InChI=1S/C12H18O2/c1-3-4-9-14-12-7-5-11(6-8-12)10(2)13/h5-8,10,13H,3-4,9H2,1-2H3. The lowest BCUT2D eigenvalue weighted by molar-refractivity contribution is 0.199. The summed E-state index contributed by atoms with van der Waals surface area (Å²) >= 11 is 0. The monoisotopic (exact) mass is 194 g/mol. The molecule has 1 N–H and O–H groups in total. The van der Waals surface area contributed by atoms with E-state index in [2.05, 4.69) is 6.92 Å². The third-order valence-electron chi connectivity index (χ3n) is 2.13. The fraction of sp³-hybridized carbons (Fsp3) is 0.500. The second-order valence-corrected chi connectivity index (χ2v) is 3.45. The number of hydrogen-bond acceptors (Lipinski definition) is 2. The first-order chi connectivity index (χ1) is 6.74. The second kappa shape index (κ2) is 5.66. The lowest BCUT2D eigenvalue weighted by Gasteiger charge is -2.07. The molecule has 2 nitrogen and oxygen atoms in total. The predicted octanol–water partition coefficient (Wildman–Crippen LogP) is 2.92. The van der Waals surface area contributed by atoms with Crippen molar-refractivity contribution >= 4 is 0 Å². The van der Waals surface area contributed by atoms with Crippen LogP contribution in [0.15, 0.2) is 24.3 Å². The molecule has 78 valence electrons. The van der Waals surface area contributed by atoms with E-state index in [4.69, 9.17) is 4.74 Å². The Morgan fingerprint density at radius 1 is 1.29 bits per heavy atom. The van der Waals surface area contributed by atoms with Crippen molar-refractivity contribution in [3.05, 3.63) is 29.8 Å². The van der Waals surface area contributed by atoms with E-state index < -0.39 is 6.10 Å². The molecule has 0 aliphatic heterocycles. The molecule has 0 fully saturated rings. The van der Waals surface area contributed by atoms with Gasteiger partial charge in [-0.3, -0.25) is 0 Å². The van der Waals surface area contributed by atoms with Gasteiger partial charge in [0.2, 0.25) is 0 Å². The Morgan fingerprint density at radius 2 is 1.93 bits per heavy atom. The molecule has 0 heterocycles. The molecule has 2 heteroatoms. The summed E-state index contributed by atoms with van der Waals surface area (Å²) in [4.78, 5) is 0. The number of unbranched alkanes of at least 4 members (excludes halogenated alkanes) is 1. The molecule has 1 rings (SSSR count). The van der Waals surface area contributed by atoms with Crippen molar-refractivity contribution in [2.75, 3.05) is 6.61 Å². The van der Waals surface area contributed by atoms with Gasteiger partial charge in [-0.2, -0.15) is 0 Å². The molecule has 1 aromatic rings. The number of aliphatic hydroxyl groups excluding tert-OH is 1. The van der Waals surface area contributed by atoms with Crippen LogP contribution in [0.25, 0.3) is 0 Å². The summed E-state index contributed by atoms with van der Waals surface area (Å²) in [6.07, 6.45) is 1.82. The van der Waals surface area contributed by atoms with Crippen molar-refractivity contribution in [1.29, 1.82) is 0 Å². The maximum absolute atomic E-state index is 9.29. The van der Waals surface area contributed by atoms with Gasteiger partial charge in [-0.25, -0.2) is 0 Å². The molecule has 0 radical (unpaired) electrons. The van der Waals surface area contributed by atoms with Crippen LogP contribution in [0.2, 0.25) is 0 Å². The minimum absolute atomic E-state index is 0.403. The van der Waals surface area contributed by atoms with E-state index in [9.17, 15) is 5.11 Å². The summed E-state index contributed by atoms with van der Waals surface area (Å²) in [6, 6.07) is 7.59. The summed E-state index contributed by atoms with van der Waals surface area (Å²) in [5.74, 6) is 0.878. The Hall–Kier alpha value is -1.02. The van der Waals surface area contributed by atoms with Gasteiger partial charge in [-0.1, -0.05) is 25.5 Å². The topological polar surface area (TPSA) is 29.5 Å². The van der Waals surface area contributed by atoms with E-state index in [-0.39, 0.29) is 0 Å². The molecular formula is C12H18O2. The summed E-state index contributed by atoms with van der Waals surface area (Å²) in [7, 11) is 0. The van der Waals surface area contributed by atoms with E-state index in [0.717, 1.165) is 30.8 Å². The van der Waals surface area contributed by atoms with Gasteiger partial charge in [0, 0.05) is 0 Å². The van der Waals surface area contributed by atoms with Crippen molar-refractivity contribution in [3.8, 4) is 5.75 Å². The van der Waals surface area contributed by atoms with Crippen molar-refractivity contribution in [2.45, 2.75) is 32.8 Å². The number of aliphatic hydroxyl groups is 1. The maximum Gasteiger partial charge on any atom is 0.119 e. The number of ether oxygens (including phenoxy) is 1. The van der Waals surface area contributed by atoms with Crippen molar-refractivity contribution in [2.24, 2.45) is 0 Å². The number of benzene rings is 1. The minimum atomic E-state index is -0.403. The van der Waals surface area contributed by atoms with Crippen LogP contribution in [0.4, 0.5) is 0 Å². The molecule has 0 amide bonds. The van der Waals surface area contributed by atoms with E-state index >= 15 is 0 Å². The van der Waals surface area contributed by atoms with E-state index in [1.165, 1.54) is 0 Å². The van der Waals surface area contributed by atoms with Gasteiger partial charge in [0.25, 0.3) is 0 Å². The highest BCUT2D eigenvalue weighted by Gasteiger charge is 1.99. The predicted molar refractivity (Wildman–Crippen MR) is 57.5 cm³/mol. The normalized spacial score (nSPS) is 12.5. The smallest absolute Gasteiger partial charge is 0.119 e. The van der Waals surface area contributed by atoms with Crippen LogP contribution < -0.4 is 4.74 Å². The van der Waals surface area contributed by atoms with Crippen LogP contribution in [0.1, 0.15) is 38.4 Å². The maximum atomic E-state index is 9.29. The molecule has 0 aliphatic rings. The van der Waals surface area contributed by atoms with Crippen LogP contribution in [0.5, 0.6) is 5.75 Å². The Labute approximate surface area is 85.5 Å². The highest BCUT2D eigenvalue weighted by atomic mass is 16.5. The summed E-state index contributed by atoms with van der Waals surface area (Å²) in [6.45, 7) is 4.66. The van der Waals surface area contributed by atoms with Crippen molar-refractivity contribution < 1.29 is 9.84 Å². The summed E-state index contributed by atoms with van der Waals surface area (Å²) in [5.41, 5.74) is 0.924. The van der Waals surface area contributed by atoms with Gasteiger partial charge in [-0.15, -0.1) is 0 Å². The van der Waals surface area contributed by atoms with Crippen LogP contribution in [-0.4, -0.2) is 11.7 Å².